The fourth-order valence-electron chi connectivity index (χ4n) is 4.11. The topological polar surface area (TPSA) is 80.8 Å². The molecule has 30 heavy (non-hydrogen) atoms. The normalized spacial score (nSPS) is 15.6. The molecule has 7 heteroatoms. The summed E-state index contributed by atoms with van der Waals surface area (Å²) in [6.07, 6.45) is 5.69. The molecule has 1 aliphatic heterocycles. The fraction of sp³-hybridized carbons (Fsp3) is 0.261. The molecule has 0 amide bonds. The Kier molecular flexibility index (Phi) is 4.59. The number of nitrogens with one attached hydrogen (secondary N) is 1. The second kappa shape index (κ2) is 7.42. The molecule has 2 N–H and O–H groups in total. The number of fused-ring (bicyclic) bond motifs is 1. The van der Waals surface area contributed by atoms with Crippen LogP contribution in [0.25, 0.3) is 17.1 Å². The zero-order valence-corrected chi connectivity index (χ0v) is 17.1. The highest BCUT2D eigenvalue weighted by molar-refractivity contribution is 5.61. The first kappa shape index (κ1) is 18.6. The van der Waals surface area contributed by atoms with Gasteiger partial charge in [-0.1, -0.05) is 18.2 Å². The van der Waals surface area contributed by atoms with Crippen molar-refractivity contribution < 1.29 is 5.11 Å². The molecule has 2 aromatic carbocycles. The van der Waals surface area contributed by atoms with E-state index in [1.165, 1.54) is 11.3 Å². The summed E-state index contributed by atoms with van der Waals surface area (Å²) in [5.41, 5.74) is 6.04. The second-order valence-electron chi connectivity index (χ2n) is 7.73. The van der Waals surface area contributed by atoms with E-state index in [1.54, 1.807) is 6.33 Å². The van der Waals surface area contributed by atoms with E-state index in [4.69, 9.17) is 4.98 Å². The highest BCUT2D eigenvalue weighted by atomic mass is 16.3. The van der Waals surface area contributed by atoms with E-state index < -0.39 is 0 Å². The van der Waals surface area contributed by atoms with Gasteiger partial charge in [-0.15, -0.1) is 0 Å². The molecule has 0 spiro atoms. The number of hydrogen-bond acceptors (Lipinski definition) is 5. The van der Waals surface area contributed by atoms with Crippen LogP contribution in [0.15, 0.2) is 55.0 Å². The van der Waals surface area contributed by atoms with Crippen LogP contribution in [0, 0.1) is 6.92 Å². The van der Waals surface area contributed by atoms with E-state index in [2.05, 4.69) is 39.7 Å². The molecule has 2 aromatic heterocycles. The molecular formula is C23H24N6O. The van der Waals surface area contributed by atoms with Gasteiger partial charge in [-0.05, 0) is 49.6 Å². The lowest BCUT2D eigenvalue weighted by Crippen LogP contribution is -2.21. The van der Waals surface area contributed by atoms with Crippen molar-refractivity contribution in [2.24, 2.45) is 7.05 Å². The van der Waals surface area contributed by atoms with Crippen molar-refractivity contribution in [1.29, 1.82) is 0 Å². The predicted octanol–water partition coefficient (Wildman–Crippen LogP) is 3.57. The van der Waals surface area contributed by atoms with Gasteiger partial charge in [0.2, 0.25) is 0 Å². The Morgan fingerprint density at radius 2 is 2.07 bits per heavy atom. The maximum atomic E-state index is 9.92. The van der Waals surface area contributed by atoms with E-state index in [0.29, 0.717) is 5.82 Å². The molecule has 0 fully saturated rings. The van der Waals surface area contributed by atoms with Crippen LogP contribution in [0.3, 0.4) is 0 Å². The summed E-state index contributed by atoms with van der Waals surface area (Å²) >= 11 is 0. The largest absolute Gasteiger partial charge is 0.392 e. The van der Waals surface area contributed by atoms with Crippen LogP contribution in [0.2, 0.25) is 0 Å². The average Bonchev–Trinajstić information content (AvgIpc) is 3.38. The van der Waals surface area contributed by atoms with Crippen molar-refractivity contribution in [3.05, 3.63) is 77.6 Å². The van der Waals surface area contributed by atoms with E-state index in [0.717, 1.165) is 41.2 Å². The van der Waals surface area contributed by atoms with Crippen molar-refractivity contribution in [2.75, 3.05) is 5.32 Å². The molecule has 152 valence electrons. The molecule has 3 heterocycles. The Balaban J connectivity index is 1.46. The molecule has 4 aromatic rings. The van der Waals surface area contributed by atoms with Crippen LogP contribution in [-0.2, 0) is 20.1 Å². The summed E-state index contributed by atoms with van der Waals surface area (Å²) in [5, 5.41) is 18.2. The molecule has 0 aliphatic carbocycles. The summed E-state index contributed by atoms with van der Waals surface area (Å²) in [4.78, 5) is 9.13. The van der Waals surface area contributed by atoms with Crippen molar-refractivity contribution in [3.63, 3.8) is 0 Å². The lowest BCUT2D eigenvalue weighted by Gasteiger charge is -2.26. The van der Waals surface area contributed by atoms with E-state index in [-0.39, 0.29) is 12.6 Å². The number of imidazole rings is 1. The summed E-state index contributed by atoms with van der Waals surface area (Å²) in [5.74, 6) is 1.58. The molecule has 0 saturated heterocycles. The smallest absolute Gasteiger partial charge is 0.181 e. The first-order chi connectivity index (χ1) is 14.6. The predicted molar refractivity (Wildman–Crippen MR) is 115 cm³/mol. The molecule has 7 nitrogen and oxygen atoms in total. The third kappa shape index (κ3) is 3.27. The van der Waals surface area contributed by atoms with Crippen molar-refractivity contribution in [1.82, 2.24) is 24.3 Å². The van der Waals surface area contributed by atoms with E-state index in [1.807, 2.05) is 47.6 Å². The summed E-state index contributed by atoms with van der Waals surface area (Å²) in [6.45, 7) is 1.88. The number of aliphatic hydroxyl groups is 1. The van der Waals surface area contributed by atoms with Gasteiger partial charge >= 0.3 is 0 Å². The zero-order chi connectivity index (χ0) is 20.7. The quantitative estimate of drug-likeness (QED) is 0.547. The summed E-state index contributed by atoms with van der Waals surface area (Å²) in [6, 6.07) is 14.5. The SMILES string of the molecule is Cc1cn(-c2ccc(-c3nc(C4CCc5ccccc5N4)n(C)n3)cc2CO)cn1. The number of anilines is 1. The van der Waals surface area contributed by atoms with Crippen LogP contribution in [0.1, 0.15) is 35.1 Å². The molecule has 5 rings (SSSR count). The monoisotopic (exact) mass is 400 g/mol. The summed E-state index contributed by atoms with van der Waals surface area (Å²) in [7, 11) is 1.93. The Bertz CT molecular complexity index is 1210. The Morgan fingerprint density at radius 1 is 1.20 bits per heavy atom. The van der Waals surface area contributed by atoms with Crippen LogP contribution in [0.4, 0.5) is 5.69 Å². The third-order valence-electron chi connectivity index (χ3n) is 5.66. The van der Waals surface area contributed by atoms with Crippen molar-refractivity contribution >= 4 is 5.69 Å². The number of nitrogens with zero attached hydrogens (tertiary/aromatic N) is 5. The Hall–Kier alpha value is -3.45. The minimum Gasteiger partial charge on any atom is -0.392 e. The molecular weight excluding hydrogens is 376 g/mol. The Morgan fingerprint density at radius 3 is 2.87 bits per heavy atom. The second-order valence-corrected chi connectivity index (χ2v) is 7.73. The number of aliphatic hydroxyl groups excluding tert-OH is 1. The van der Waals surface area contributed by atoms with Gasteiger partial charge in [0, 0.05) is 30.1 Å². The van der Waals surface area contributed by atoms with Gasteiger partial charge in [0.15, 0.2) is 5.82 Å². The lowest BCUT2D eigenvalue weighted by molar-refractivity contribution is 0.281. The number of hydrogen-bond donors (Lipinski definition) is 2. The van der Waals surface area contributed by atoms with E-state index in [9.17, 15) is 5.11 Å². The molecule has 0 saturated carbocycles. The van der Waals surface area contributed by atoms with Crippen molar-refractivity contribution in [3.8, 4) is 17.1 Å². The van der Waals surface area contributed by atoms with Gasteiger partial charge in [-0.2, -0.15) is 5.10 Å². The Labute approximate surface area is 175 Å². The molecule has 0 radical (unpaired) electrons. The van der Waals surface area contributed by atoms with Gasteiger partial charge in [-0.25, -0.2) is 9.97 Å². The maximum absolute atomic E-state index is 9.92. The van der Waals surface area contributed by atoms with Crippen LogP contribution >= 0.6 is 0 Å². The number of para-hydroxylation sites is 1. The molecule has 1 atom stereocenters. The van der Waals surface area contributed by atoms with Gasteiger partial charge in [0.05, 0.1) is 30.4 Å². The lowest BCUT2D eigenvalue weighted by atomic mass is 9.98. The van der Waals surface area contributed by atoms with E-state index >= 15 is 0 Å². The standard InChI is InChI=1S/C23H24N6O/c1-15-12-29(14-24-15)21-10-8-17(11-18(21)13-30)22-26-23(28(2)27-22)20-9-7-16-5-3-4-6-19(16)25-20/h3-6,8,10-12,14,20,25,30H,7,9,13H2,1-2H3. The summed E-state index contributed by atoms with van der Waals surface area (Å²) < 4.78 is 3.78. The van der Waals surface area contributed by atoms with Crippen LogP contribution in [0.5, 0.6) is 0 Å². The molecule has 1 aliphatic rings. The maximum Gasteiger partial charge on any atom is 0.181 e. The highest BCUT2D eigenvalue weighted by Crippen LogP contribution is 2.32. The van der Waals surface area contributed by atoms with Crippen LogP contribution in [-0.4, -0.2) is 29.4 Å². The van der Waals surface area contributed by atoms with Gasteiger partial charge in [0.25, 0.3) is 0 Å². The first-order valence-electron chi connectivity index (χ1n) is 10.1. The zero-order valence-electron chi connectivity index (χ0n) is 17.1. The number of aryl methyl sites for hydroxylation is 3. The highest BCUT2D eigenvalue weighted by Gasteiger charge is 2.24. The first-order valence-corrected chi connectivity index (χ1v) is 10.1. The van der Waals surface area contributed by atoms with Crippen molar-refractivity contribution in [2.45, 2.75) is 32.4 Å². The van der Waals surface area contributed by atoms with Gasteiger partial charge in [-0.3, -0.25) is 4.68 Å². The third-order valence-corrected chi connectivity index (χ3v) is 5.66. The molecule has 1 unspecified atom stereocenters. The fourth-order valence-corrected chi connectivity index (χ4v) is 4.11. The number of benzene rings is 2. The van der Waals surface area contributed by atoms with Gasteiger partial charge < -0.3 is 15.0 Å². The van der Waals surface area contributed by atoms with Crippen LogP contribution < -0.4 is 5.32 Å². The average molecular weight is 400 g/mol. The number of rotatable bonds is 4. The minimum absolute atomic E-state index is 0.0684. The minimum atomic E-state index is -0.0684. The number of aromatic nitrogens is 5. The molecule has 0 bridgehead atoms. The van der Waals surface area contributed by atoms with Gasteiger partial charge in [0.1, 0.15) is 5.82 Å².